The van der Waals surface area contributed by atoms with E-state index < -0.39 is 0 Å². The molecule has 278 valence electrons. The lowest BCUT2D eigenvalue weighted by Gasteiger charge is -2.38. The maximum atomic E-state index is 12.5. The SMILES string of the molecule is C/C=C(\C)N(C(=O)NC)C1CCN(Cc2ccc(-c3nc(N(N)CC)c(C(C)N)cc3-c3ccccc3)cc2)CC1.C=CC.CN1CCOCC1. The van der Waals surface area contributed by atoms with Gasteiger partial charge in [0, 0.05) is 80.8 Å². The number of benzene rings is 2. The molecule has 0 spiro atoms. The smallest absolute Gasteiger partial charge is 0.321 e. The topological polar surface area (TPSA) is 116 Å². The lowest BCUT2D eigenvalue weighted by Crippen LogP contribution is -2.49. The van der Waals surface area contributed by atoms with Crippen LogP contribution in [-0.4, -0.2) is 91.8 Å². The molecule has 1 unspecified atom stereocenters. The highest BCUT2D eigenvalue weighted by molar-refractivity contribution is 5.83. The predicted octanol–water partition coefficient (Wildman–Crippen LogP) is 6.81. The maximum Gasteiger partial charge on any atom is 0.321 e. The molecule has 0 radical (unpaired) electrons. The van der Waals surface area contributed by atoms with Gasteiger partial charge in [-0.15, -0.1) is 6.58 Å². The first kappa shape index (κ1) is 41.4. The van der Waals surface area contributed by atoms with Crippen LogP contribution < -0.4 is 21.9 Å². The van der Waals surface area contributed by atoms with Gasteiger partial charge in [-0.2, -0.15) is 0 Å². The van der Waals surface area contributed by atoms with Crippen LogP contribution in [0, 0.1) is 0 Å². The number of carbonyl (C=O) groups is 1. The van der Waals surface area contributed by atoms with E-state index in [0.29, 0.717) is 12.4 Å². The zero-order chi connectivity index (χ0) is 37.3. The Bertz CT molecular complexity index is 1510. The highest BCUT2D eigenvalue weighted by atomic mass is 16.5. The molecule has 5 N–H and O–H groups in total. The third kappa shape index (κ3) is 12.0. The van der Waals surface area contributed by atoms with E-state index in [1.807, 2.05) is 63.8 Å². The standard InChI is InChI=1S/C33H45N7O.C5H11NO.C3H6/c1-6-23(3)40(33(41)36-5)28-17-19-38(20-18-28)22-25-13-15-27(16-14-25)31-30(26-11-9-8-10-12-26)21-29(24(4)34)32(37-31)39(35)7-2;1-6-2-4-7-5-3-6;1-3-2/h6,8-16,21,24,28H,7,17-20,22,34-35H2,1-5H3,(H,36,41);2-5H2,1H3;3H,1H2,2H3/b23-6+;;. The molecule has 0 bridgehead atoms. The average molecular weight is 699 g/mol. The third-order valence-corrected chi connectivity index (χ3v) is 9.24. The minimum Gasteiger partial charge on any atom is -0.379 e. The quantitative estimate of drug-likeness (QED) is 0.127. The lowest BCUT2D eigenvalue weighted by atomic mass is 9.95. The van der Waals surface area contributed by atoms with Crippen LogP contribution in [0.25, 0.3) is 22.4 Å². The van der Waals surface area contributed by atoms with Crippen molar-refractivity contribution in [2.75, 3.05) is 65.0 Å². The summed E-state index contributed by atoms with van der Waals surface area (Å²) in [4.78, 5) is 24.3. The third-order valence-electron chi connectivity index (χ3n) is 9.24. The fourth-order valence-corrected chi connectivity index (χ4v) is 6.18. The first-order valence-corrected chi connectivity index (χ1v) is 18.2. The average Bonchev–Trinajstić information content (AvgIpc) is 3.16. The first-order chi connectivity index (χ1) is 24.6. The maximum absolute atomic E-state index is 12.5. The Kier molecular flexibility index (Phi) is 17.3. The molecule has 2 saturated heterocycles. The van der Waals surface area contributed by atoms with Gasteiger partial charge < -0.3 is 20.7 Å². The first-order valence-electron chi connectivity index (χ1n) is 18.2. The second-order valence-corrected chi connectivity index (χ2v) is 13.1. The Morgan fingerprint density at radius 1 is 1.06 bits per heavy atom. The highest BCUT2D eigenvalue weighted by Crippen LogP contribution is 2.36. The van der Waals surface area contributed by atoms with E-state index in [1.165, 1.54) is 5.56 Å². The largest absolute Gasteiger partial charge is 0.379 e. The van der Waals surface area contributed by atoms with Gasteiger partial charge in [-0.1, -0.05) is 66.7 Å². The molecule has 2 aliphatic rings. The van der Waals surface area contributed by atoms with Crippen molar-refractivity contribution in [3.8, 4) is 22.4 Å². The van der Waals surface area contributed by atoms with Crippen molar-refractivity contribution >= 4 is 11.8 Å². The van der Waals surface area contributed by atoms with Crippen molar-refractivity contribution < 1.29 is 9.53 Å². The van der Waals surface area contributed by atoms with Gasteiger partial charge in [-0.25, -0.2) is 15.6 Å². The van der Waals surface area contributed by atoms with Gasteiger partial charge in [0.15, 0.2) is 0 Å². The van der Waals surface area contributed by atoms with E-state index in [0.717, 1.165) is 92.4 Å². The molecule has 0 aliphatic carbocycles. The van der Waals surface area contributed by atoms with Crippen LogP contribution >= 0.6 is 0 Å². The van der Waals surface area contributed by atoms with E-state index in [1.54, 1.807) is 18.1 Å². The van der Waals surface area contributed by atoms with E-state index in [4.69, 9.17) is 21.3 Å². The minimum atomic E-state index is -0.205. The van der Waals surface area contributed by atoms with Crippen molar-refractivity contribution in [1.82, 2.24) is 25.0 Å². The van der Waals surface area contributed by atoms with Gasteiger partial charge in [0.1, 0.15) is 5.82 Å². The molecule has 2 aromatic carbocycles. The fraction of sp³-hybridized carbons (Fsp3) is 0.463. The number of pyridine rings is 1. The molecular formula is C41H62N8O2. The second-order valence-electron chi connectivity index (χ2n) is 13.1. The Morgan fingerprint density at radius 2 is 1.67 bits per heavy atom. The molecule has 2 aliphatic heterocycles. The summed E-state index contributed by atoms with van der Waals surface area (Å²) in [5.41, 5.74) is 13.6. The number of hydrogen-bond donors (Lipinski definition) is 3. The van der Waals surface area contributed by atoms with Gasteiger partial charge in [-0.05, 0) is 71.7 Å². The van der Waals surface area contributed by atoms with Crippen molar-refractivity contribution in [3.05, 3.63) is 96.2 Å². The van der Waals surface area contributed by atoms with Gasteiger partial charge in [0.2, 0.25) is 0 Å². The normalized spacial score (nSPS) is 16.1. The van der Waals surface area contributed by atoms with E-state index >= 15 is 0 Å². The number of hydrazine groups is 1. The Morgan fingerprint density at radius 3 is 2.16 bits per heavy atom. The number of allylic oxidation sites excluding steroid dienone is 3. The number of anilines is 1. The van der Waals surface area contributed by atoms with Crippen LogP contribution in [0.1, 0.15) is 64.6 Å². The van der Waals surface area contributed by atoms with Crippen LogP contribution in [0.15, 0.2) is 85.1 Å². The number of nitrogens with one attached hydrogen (secondary N) is 1. The summed E-state index contributed by atoms with van der Waals surface area (Å²) in [5, 5.41) is 4.46. The number of nitrogens with zero attached hydrogens (tertiary/aromatic N) is 5. The van der Waals surface area contributed by atoms with Gasteiger partial charge in [0.25, 0.3) is 0 Å². The zero-order valence-electron chi connectivity index (χ0n) is 32.1. The number of rotatable bonds is 9. The number of aromatic nitrogens is 1. The number of nitrogens with two attached hydrogens (primary N) is 2. The molecular weight excluding hydrogens is 637 g/mol. The molecule has 10 heteroatoms. The predicted molar refractivity (Wildman–Crippen MR) is 213 cm³/mol. The van der Waals surface area contributed by atoms with Crippen LogP contribution in [0.2, 0.25) is 0 Å². The van der Waals surface area contributed by atoms with Gasteiger partial charge >= 0.3 is 6.03 Å². The molecule has 1 atom stereocenters. The highest BCUT2D eigenvalue weighted by Gasteiger charge is 2.28. The summed E-state index contributed by atoms with van der Waals surface area (Å²) in [6.45, 7) is 20.6. The molecule has 5 rings (SSSR count). The molecule has 51 heavy (non-hydrogen) atoms. The Hall–Kier alpha value is -4.06. The summed E-state index contributed by atoms with van der Waals surface area (Å²) < 4.78 is 5.10. The summed E-state index contributed by atoms with van der Waals surface area (Å²) in [7, 11) is 3.81. The number of morpholine rings is 1. The minimum absolute atomic E-state index is 0.0353. The lowest BCUT2D eigenvalue weighted by molar-refractivity contribution is 0.0503. The van der Waals surface area contributed by atoms with Crippen LogP contribution in [-0.2, 0) is 11.3 Å². The number of piperidine rings is 1. The summed E-state index contributed by atoms with van der Waals surface area (Å²) in [6.07, 6.45) is 5.65. The van der Waals surface area contributed by atoms with E-state index in [2.05, 4.69) is 71.2 Å². The molecule has 3 aromatic rings. The van der Waals surface area contributed by atoms with Crippen molar-refractivity contribution in [2.45, 2.75) is 66.1 Å². The molecule has 1 aromatic heterocycles. The monoisotopic (exact) mass is 698 g/mol. The summed E-state index contributed by atoms with van der Waals surface area (Å²) >= 11 is 0. The van der Waals surface area contributed by atoms with Crippen LogP contribution in [0.4, 0.5) is 10.6 Å². The van der Waals surface area contributed by atoms with Crippen LogP contribution in [0.5, 0.6) is 0 Å². The Balaban J connectivity index is 0.000000610. The Labute approximate surface area is 307 Å². The second kappa shape index (κ2) is 21.3. The van der Waals surface area contributed by atoms with E-state index in [9.17, 15) is 4.79 Å². The van der Waals surface area contributed by atoms with Crippen molar-refractivity contribution in [2.24, 2.45) is 11.6 Å². The summed E-state index contributed by atoms with van der Waals surface area (Å²) in [6, 6.07) is 21.1. The molecule has 0 saturated carbocycles. The zero-order valence-corrected chi connectivity index (χ0v) is 32.1. The van der Waals surface area contributed by atoms with E-state index in [-0.39, 0.29) is 18.1 Å². The number of ether oxygens (including phenoxy) is 1. The van der Waals surface area contributed by atoms with Crippen molar-refractivity contribution in [3.63, 3.8) is 0 Å². The molecule has 2 fully saturated rings. The number of amides is 2. The van der Waals surface area contributed by atoms with Crippen LogP contribution in [0.3, 0.4) is 0 Å². The number of hydrogen-bond acceptors (Lipinski definition) is 8. The number of urea groups is 1. The fourth-order valence-electron chi connectivity index (χ4n) is 6.18. The molecule has 2 amide bonds. The number of carbonyl (C=O) groups excluding carboxylic acids is 1. The van der Waals surface area contributed by atoms with Gasteiger partial charge in [0.05, 0.1) is 18.9 Å². The van der Waals surface area contributed by atoms with Gasteiger partial charge in [-0.3, -0.25) is 14.8 Å². The summed E-state index contributed by atoms with van der Waals surface area (Å²) in [5.74, 6) is 7.07. The number of likely N-dealkylation sites (tertiary alicyclic amines) is 1. The van der Waals surface area contributed by atoms with Crippen molar-refractivity contribution in [1.29, 1.82) is 0 Å². The molecule has 3 heterocycles. The molecule has 10 nitrogen and oxygen atoms in total. The number of likely N-dealkylation sites (N-methyl/N-ethyl adjacent to an activating group) is 1.